The van der Waals surface area contributed by atoms with Crippen molar-refractivity contribution < 1.29 is 9.31 Å². The first-order valence-electron chi connectivity index (χ1n) is 6.38. The zero-order valence-corrected chi connectivity index (χ0v) is 12.8. The first kappa shape index (κ1) is 14.6. The summed E-state index contributed by atoms with van der Waals surface area (Å²) in [6.07, 6.45) is 1.88. The van der Waals surface area contributed by atoms with Gasteiger partial charge in [0.05, 0.1) is 16.9 Å². The fourth-order valence-corrected chi connectivity index (χ4v) is 2.15. The molecule has 0 aromatic carbocycles. The molecule has 1 fully saturated rings. The number of aromatic nitrogens is 1. The minimum Gasteiger partial charge on any atom is -0.400 e. The molecule has 1 aromatic rings. The van der Waals surface area contributed by atoms with Gasteiger partial charge in [0.1, 0.15) is 0 Å². The zero-order chi connectivity index (χ0) is 14.3. The predicted molar refractivity (Wildman–Crippen MR) is 79.1 cm³/mol. The first-order chi connectivity index (χ1) is 8.69. The largest absolute Gasteiger partial charge is 0.487 e. The van der Waals surface area contributed by atoms with Crippen molar-refractivity contribution >= 4 is 24.8 Å². The van der Waals surface area contributed by atoms with Crippen LogP contribution in [-0.2, 0) is 9.31 Å². The van der Waals surface area contributed by atoms with Crippen molar-refractivity contribution in [3.63, 3.8) is 0 Å². The predicted octanol–water partition coefficient (Wildman–Crippen LogP) is 3.69. The second kappa shape index (κ2) is 4.93. The molecule has 2 rings (SSSR count). The van der Waals surface area contributed by atoms with Crippen LogP contribution in [0.1, 0.15) is 39.1 Å². The Morgan fingerprint density at radius 1 is 1.16 bits per heavy atom. The average Bonchev–Trinajstić information content (AvgIpc) is 2.43. The summed E-state index contributed by atoms with van der Waals surface area (Å²) in [6, 6.07) is 3.64. The van der Waals surface area contributed by atoms with Gasteiger partial charge in [0, 0.05) is 10.7 Å². The van der Waals surface area contributed by atoms with E-state index in [9.17, 15) is 0 Å². The third kappa shape index (κ3) is 3.19. The van der Waals surface area contributed by atoms with Crippen molar-refractivity contribution in [2.24, 2.45) is 0 Å². The number of nitrogens with zero attached hydrogens (tertiary/aromatic N) is 1. The fraction of sp³-hybridized carbons (Fsp3) is 0.500. The second-order valence-electron chi connectivity index (χ2n) is 5.84. The summed E-state index contributed by atoms with van der Waals surface area (Å²) in [4.78, 5) is 4.39. The summed E-state index contributed by atoms with van der Waals surface area (Å²) in [6.45, 7) is 10.0. The number of pyridine rings is 1. The molecular weight excluding hydrogens is 260 g/mol. The van der Waals surface area contributed by atoms with Crippen molar-refractivity contribution in [2.75, 3.05) is 0 Å². The Labute approximate surface area is 120 Å². The Morgan fingerprint density at radius 3 is 2.26 bits per heavy atom. The molecule has 102 valence electrons. The summed E-state index contributed by atoms with van der Waals surface area (Å²) in [7, 11) is -0.355. The third-order valence-electron chi connectivity index (χ3n) is 3.63. The van der Waals surface area contributed by atoms with E-state index in [-0.39, 0.29) is 18.3 Å². The molecule has 1 saturated heterocycles. The molecule has 0 spiro atoms. The normalized spacial score (nSPS) is 21.3. The Morgan fingerprint density at radius 2 is 1.74 bits per heavy atom. The summed E-state index contributed by atoms with van der Waals surface area (Å²) in [5, 5.41) is 0.682. The van der Waals surface area contributed by atoms with Crippen LogP contribution in [0.2, 0.25) is 5.02 Å². The fourth-order valence-electron chi connectivity index (χ4n) is 1.88. The van der Waals surface area contributed by atoms with Crippen molar-refractivity contribution in [2.45, 2.75) is 45.8 Å². The van der Waals surface area contributed by atoms with Gasteiger partial charge in [0.2, 0.25) is 0 Å². The summed E-state index contributed by atoms with van der Waals surface area (Å²) < 4.78 is 11.8. The van der Waals surface area contributed by atoms with E-state index in [2.05, 4.69) is 4.98 Å². The van der Waals surface area contributed by atoms with E-state index in [1.807, 2.05) is 58.8 Å². The highest BCUT2D eigenvalue weighted by molar-refractivity contribution is 6.52. The minimum atomic E-state index is -0.355. The second-order valence-corrected chi connectivity index (χ2v) is 6.27. The highest BCUT2D eigenvalue weighted by Crippen LogP contribution is 2.37. The molecule has 2 heterocycles. The Balaban J connectivity index is 2.12. The summed E-state index contributed by atoms with van der Waals surface area (Å²) in [5.74, 6) is 1.87. The van der Waals surface area contributed by atoms with E-state index in [0.717, 1.165) is 11.4 Å². The van der Waals surface area contributed by atoms with Gasteiger partial charge in [0.25, 0.3) is 0 Å². The lowest BCUT2D eigenvalue weighted by Gasteiger charge is -2.32. The number of rotatable bonds is 2. The molecule has 0 unspecified atom stereocenters. The molecule has 0 atom stereocenters. The topological polar surface area (TPSA) is 31.4 Å². The number of hydrogen-bond donors (Lipinski definition) is 0. The van der Waals surface area contributed by atoms with Crippen LogP contribution >= 0.6 is 11.6 Å². The quantitative estimate of drug-likeness (QED) is 0.774. The first-order valence-corrected chi connectivity index (χ1v) is 6.75. The van der Waals surface area contributed by atoms with Crippen LogP contribution in [0.5, 0.6) is 0 Å². The Hall–Kier alpha value is -0.835. The monoisotopic (exact) mass is 279 g/mol. The van der Waals surface area contributed by atoms with Crippen LogP contribution < -0.4 is 0 Å². The van der Waals surface area contributed by atoms with E-state index >= 15 is 0 Å². The van der Waals surface area contributed by atoms with Crippen LogP contribution in [0, 0.1) is 6.92 Å². The van der Waals surface area contributed by atoms with Gasteiger partial charge < -0.3 is 9.31 Å². The summed E-state index contributed by atoms with van der Waals surface area (Å²) in [5.41, 5.74) is 1.06. The van der Waals surface area contributed by atoms with E-state index in [4.69, 9.17) is 20.9 Å². The van der Waals surface area contributed by atoms with Crippen molar-refractivity contribution in [1.29, 1.82) is 0 Å². The van der Waals surface area contributed by atoms with Crippen molar-refractivity contribution in [1.82, 2.24) is 4.98 Å². The SMILES string of the molecule is Cc1cc(Cl)cc(/C=C/B2OC(C)(C)C(C)(C)O2)n1. The molecule has 5 heteroatoms. The molecule has 0 aliphatic carbocycles. The number of halogens is 1. The molecule has 1 aromatic heterocycles. The molecule has 0 saturated carbocycles. The summed E-state index contributed by atoms with van der Waals surface area (Å²) >= 11 is 6.00. The van der Waals surface area contributed by atoms with E-state index in [1.54, 1.807) is 0 Å². The molecule has 1 aliphatic rings. The highest BCUT2D eigenvalue weighted by Gasteiger charge is 2.49. The lowest BCUT2D eigenvalue weighted by atomic mass is 9.89. The van der Waals surface area contributed by atoms with Crippen LogP contribution in [0.4, 0.5) is 0 Å². The molecule has 0 N–H and O–H groups in total. The van der Waals surface area contributed by atoms with Gasteiger partial charge in [-0.15, -0.1) is 0 Å². The van der Waals surface area contributed by atoms with Crippen LogP contribution in [0.3, 0.4) is 0 Å². The molecule has 3 nitrogen and oxygen atoms in total. The number of hydrogen-bond acceptors (Lipinski definition) is 3. The standard InChI is InChI=1S/C14H19BClNO2/c1-10-8-11(16)9-12(17-10)6-7-15-18-13(2,3)14(4,5)19-15/h6-9H,1-5H3/b7-6+. The van der Waals surface area contributed by atoms with Crippen LogP contribution in [-0.4, -0.2) is 23.3 Å². The minimum absolute atomic E-state index is 0.320. The molecular formula is C14H19BClNO2. The van der Waals surface area contributed by atoms with E-state index in [0.29, 0.717) is 5.02 Å². The van der Waals surface area contributed by atoms with E-state index < -0.39 is 0 Å². The Kier molecular flexibility index (Phi) is 3.78. The van der Waals surface area contributed by atoms with Crippen molar-refractivity contribution in [3.05, 3.63) is 34.5 Å². The van der Waals surface area contributed by atoms with Gasteiger partial charge in [-0.25, -0.2) is 0 Å². The van der Waals surface area contributed by atoms with E-state index in [1.165, 1.54) is 0 Å². The van der Waals surface area contributed by atoms with Gasteiger partial charge >= 0.3 is 7.12 Å². The Bertz CT molecular complexity index is 478. The molecule has 0 radical (unpaired) electrons. The smallest absolute Gasteiger partial charge is 0.400 e. The maximum absolute atomic E-state index is 6.00. The van der Waals surface area contributed by atoms with Gasteiger partial charge in [-0.3, -0.25) is 4.98 Å². The van der Waals surface area contributed by atoms with Crippen molar-refractivity contribution in [3.8, 4) is 0 Å². The maximum Gasteiger partial charge on any atom is 0.487 e. The zero-order valence-electron chi connectivity index (χ0n) is 12.0. The van der Waals surface area contributed by atoms with Gasteiger partial charge in [-0.2, -0.15) is 0 Å². The molecule has 0 bridgehead atoms. The lowest BCUT2D eigenvalue weighted by Crippen LogP contribution is -2.41. The lowest BCUT2D eigenvalue weighted by molar-refractivity contribution is 0.00578. The number of aryl methyl sites for hydroxylation is 1. The van der Waals surface area contributed by atoms with Gasteiger partial charge in [-0.05, 0) is 52.8 Å². The third-order valence-corrected chi connectivity index (χ3v) is 3.85. The molecule has 0 amide bonds. The highest BCUT2D eigenvalue weighted by atomic mass is 35.5. The average molecular weight is 280 g/mol. The van der Waals surface area contributed by atoms with Crippen LogP contribution in [0.15, 0.2) is 18.1 Å². The molecule has 19 heavy (non-hydrogen) atoms. The van der Waals surface area contributed by atoms with Gasteiger partial charge in [0.15, 0.2) is 0 Å². The molecule has 1 aliphatic heterocycles. The van der Waals surface area contributed by atoms with Gasteiger partial charge in [-0.1, -0.05) is 17.6 Å². The maximum atomic E-state index is 6.00. The van der Waals surface area contributed by atoms with Crippen LogP contribution in [0.25, 0.3) is 6.08 Å².